The maximum absolute atomic E-state index is 2.20. The fourth-order valence-electron chi connectivity index (χ4n) is 1.67. The molecule has 1 aromatic carbocycles. The molecule has 0 aliphatic carbocycles. The summed E-state index contributed by atoms with van der Waals surface area (Å²) < 4.78 is 2.16. The minimum Gasteiger partial charge on any atom is -0.351 e. The van der Waals surface area contributed by atoms with Gasteiger partial charge >= 0.3 is 0 Å². The summed E-state index contributed by atoms with van der Waals surface area (Å²) in [6, 6.07) is 8.67. The third kappa shape index (κ3) is 0.934. The summed E-state index contributed by atoms with van der Waals surface area (Å²) >= 11 is 0. The van der Waals surface area contributed by atoms with Gasteiger partial charge in [0.15, 0.2) is 0 Å². The van der Waals surface area contributed by atoms with Crippen molar-refractivity contribution in [3.05, 3.63) is 36.0 Å². The number of rotatable bonds is 1. The van der Waals surface area contributed by atoms with Crippen LogP contribution in [0.4, 0.5) is 0 Å². The number of aryl methyl sites for hydroxylation is 2. The second-order valence-corrected chi connectivity index (χ2v) is 3.13. The van der Waals surface area contributed by atoms with E-state index in [0.29, 0.717) is 0 Å². The number of fused-ring (bicyclic) bond motifs is 1. The zero-order valence-electron chi connectivity index (χ0n) is 7.54. The van der Waals surface area contributed by atoms with Crippen LogP contribution in [0.5, 0.6) is 0 Å². The Morgan fingerprint density at radius 3 is 2.83 bits per heavy atom. The number of hydrogen-bond donors (Lipinski definition) is 0. The smallest absolute Gasteiger partial charge is 0.0480 e. The Morgan fingerprint density at radius 2 is 2.08 bits per heavy atom. The Bertz CT molecular complexity index is 398. The fraction of sp³-hybridized carbons (Fsp3) is 0.273. The molecule has 2 rings (SSSR count). The molecule has 0 saturated heterocycles. The molecule has 2 aromatic rings. The maximum atomic E-state index is 2.20. The van der Waals surface area contributed by atoms with Crippen LogP contribution in [-0.2, 0) is 13.5 Å². The van der Waals surface area contributed by atoms with Gasteiger partial charge in [0, 0.05) is 24.1 Å². The van der Waals surface area contributed by atoms with E-state index in [2.05, 4.69) is 49.0 Å². The van der Waals surface area contributed by atoms with Crippen LogP contribution in [-0.4, -0.2) is 4.57 Å². The average molecular weight is 159 g/mol. The molecule has 0 spiro atoms. The van der Waals surface area contributed by atoms with Crippen molar-refractivity contribution in [3.8, 4) is 0 Å². The zero-order chi connectivity index (χ0) is 8.55. The molecule has 0 aliphatic heterocycles. The number of nitrogens with zero attached hydrogens (tertiary/aromatic N) is 1. The summed E-state index contributed by atoms with van der Waals surface area (Å²) in [5.41, 5.74) is 2.77. The molecule has 0 unspecified atom stereocenters. The molecule has 12 heavy (non-hydrogen) atoms. The molecule has 0 bridgehead atoms. The quantitative estimate of drug-likeness (QED) is 0.603. The minimum absolute atomic E-state index is 1.11. The van der Waals surface area contributed by atoms with Crippen LogP contribution < -0.4 is 0 Å². The van der Waals surface area contributed by atoms with Crippen molar-refractivity contribution in [2.75, 3.05) is 0 Å². The Morgan fingerprint density at radius 1 is 1.25 bits per heavy atom. The predicted octanol–water partition coefficient (Wildman–Crippen LogP) is 2.74. The lowest BCUT2D eigenvalue weighted by Crippen LogP contribution is -1.85. The van der Waals surface area contributed by atoms with Crippen molar-refractivity contribution in [2.45, 2.75) is 13.3 Å². The van der Waals surface area contributed by atoms with Crippen LogP contribution in [0.1, 0.15) is 12.5 Å². The normalized spacial score (nSPS) is 10.8. The minimum atomic E-state index is 1.11. The van der Waals surface area contributed by atoms with Crippen molar-refractivity contribution < 1.29 is 0 Å². The van der Waals surface area contributed by atoms with Gasteiger partial charge in [-0.2, -0.15) is 0 Å². The van der Waals surface area contributed by atoms with Gasteiger partial charge in [0.1, 0.15) is 0 Å². The Labute approximate surface area is 72.6 Å². The monoisotopic (exact) mass is 159 g/mol. The molecule has 0 N–H and O–H groups in total. The summed E-state index contributed by atoms with van der Waals surface area (Å²) in [6.07, 6.45) is 3.23. The van der Waals surface area contributed by atoms with Gasteiger partial charge in [-0.15, -0.1) is 0 Å². The molecule has 0 radical (unpaired) electrons. The van der Waals surface area contributed by atoms with Gasteiger partial charge in [0.25, 0.3) is 0 Å². The molecule has 0 aliphatic rings. The van der Waals surface area contributed by atoms with Gasteiger partial charge in [-0.3, -0.25) is 0 Å². The number of hydrogen-bond acceptors (Lipinski definition) is 0. The molecule has 0 atom stereocenters. The van der Waals surface area contributed by atoms with Crippen LogP contribution in [0.25, 0.3) is 10.9 Å². The number of aromatic nitrogens is 1. The SMILES string of the molecule is CCc1cccc2c1ccn2C. The summed E-state index contributed by atoms with van der Waals surface area (Å²) in [5, 5.41) is 1.39. The van der Waals surface area contributed by atoms with Crippen molar-refractivity contribution in [1.82, 2.24) is 4.57 Å². The average Bonchev–Trinajstić information content (AvgIpc) is 2.48. The first kappa shape index (κ1) is 7.41. The molecule has 1 nitrogen and oxygen atoms in total. The molecule has 0 saturated carbocycles. The van der Waals surface area contributed by atoms with E-state index in [9.17, 15) is 0 Å². The van der Waals surface area contributed by atoms with Gasteiger partial charge in [0.2, 0.25) is 0 Å². The molecular formula is C11H13N. The zero-order valence-corrected chi connectivity index (χ0v) is 7.54. The van der Waals surface area contributed by atoms with Crippen LogP contribution in [0, 0.1) is 0 Å². The van der Waals surface area contributed by atoms with E-state index in [4.69, 9.17) is 0 Å². The van der Waals surface area contributed by atoms with E-state index in [1.807, 2.05) is 0 Å². The second kappa shape index (κ2) is 2.67. The van der Waals surface area contributed by atoms with E-state index in [1.165, 1.54) is 16.5 Å². The van der Waals surface area contributed by atoms with Crippen LogP contribution in [0.2, 0.25) is 0 Å². The summed E-state index contributed by atoms with van der Waals surface area (Å²) in [5.74, 6) is 0. The Kier molecular flexibility index (Phi) is 1.65. The Balaban J connectivity index is 2.81. The van der Waals surface area contributed by atoms with E-state index < -0.39 is 0 Å². The van der Waals surface area contributed by atoms with Gasteiger partial charge in [-0.25, -0.2) is 0 Å². The van der Waals surface area contributed by atoms with Crippen molar-refractivity contribution in [2.24, 2.45) is 7.05 Å². The number of benzene rings is 1. The van der Waals surface area contributed by atoms with E-state index >= 15 is 0 Å². The summed E-state index contributed by atoms with van der Waals surface area (Å²) in [6.45, 7) is 2.20. The highest BCUT2D eigenvalue weighted by atomic mass is 14.9. The van der Waals surface area contributed by atoms with Crippen LogP contribution in [0.3, 0.4) is 0 Å². The summed E-state index contributed by atoms with van der Waals surface area (Å²) in [4.78, 5) is 0. The van der Waals surface area contributed by atoms with Gasteiger partial charge in [-0.05, 0) is 24.1 Å². The van der Waals surface area contributed by atoms with Gasteiger partial charge in [-0.1, -0.05) is 19.1 Å². The molecule has 1 aromatic heterocycles. The lowest BCUT2D eigenvalue weighted by atomic mass is 10.1. The summed E-state index contributed by atoms with van der Waals surface area (Å²) in [7, 11) is 2.09. The highest BCUT2D eigenvalue weighted by Crippen LogP contribution is 2.19. The molecule has 1 heteroatoms. The maximum Gasteiger partial charge on any atom is 0.0480 e. The first-order chi connectivity index (χ1) is 5.83. The highest BCUT2D eigenvalue weighted by molar-refractivity contribution is 5.83. The van der Waals surface area contributed by atoms with Gasteiger partial charge < -0.3 is 4.57 Å². The standard InChI is InChI=1S/C11H13N/c1-3-9-5-4-6-11-10(9)7-8-12(11)2/h4-8H,3H2,1-2H3. The first-order valence-corrected chi connectivity index (χ1v) is 4.36. The third-order valence-electron chi connectivity index (χ3n) is 2.40. The lowest BCUT2D eigenvalue weighted by Gasteiger charge is -1.99. The highest BCUT2D eigenvalue weighted by Gasteiger charge is 2.00. The van der Waals surface area contributed by atoms with Crippen molar-refractivity contribution in [3.63, 3.8) is 0 Å². The van der Waals surface area contributed by atoms with Crippen molar-refractivity contribution in [1.29, 1.82) is 0 Å². The molecule has 0 amide bonds. The van der Waals surface area contributed by atoms with E-state index in [-0.39, 0.29) is 0 Å². The first-order valence-electron chi connectivity index (χ1n) is 4.36. The van der Waals surface area contributed by atoms with E-state index in [1.54, 1.807) is 0 Å². The fourth-order valence-corrected chi connectivity index (χ4v) is 1.67. The largest absolute Gasteiger partial charge is 0.351 e. The third-order valence-corrected chi connectivity index (χ3v) is 2.40. The Hall–Kier alpha value is -1.24. The van der Waals surface area contributed by atoms with Crippen molar-refractivity contribution >= 4 is 10.9 Å². The topological polar surface area (TPSA) is 4.93 Å². The van der Waals surface area contributed by atoms with E-state index in [0.717, 1.165) is 6.42 Å². The predicted molar refractivity (Wildman–Crippen MR) is 52.3 cm³/mol. The van der Waals surface area contributed by atoms with Gasteiger partial charge in [0.05, 0.1) is 0 Å². The van der Waals surface area contributed by atoms with Crippen LogP contribution >= 0.6 is 0 Å². The molecule has 1 heterocycles. The lowest BCUT2D eigenvalue weighted by molar-refractivity contribution is 0.968. The second-order valence-electron chi connectivity index (χ2n) is 3.13. The van der Waals surface area contributed by atoms with Crippen LogP contribution in [0.15, 0.2) is 30.5 Å². The molecule has 62 valence electrons. The molecule has 0 fully saturated rings. The molecular weight excluding hydrogens is 146 g/mol.